The minimum Gasteiger partial charge on any atom is -0.479 e. The first-order valence-electron chi connectivity index (χ1n) is 11.9. The van der Waals surface area contributed by atoms with Gasteiger partial charge in [-0.15, -0.1) is 0 Å². The molecule has 2 aromatic rings. The molecule has 1 saturated carbocycles. The fourth-order valence-corrected chi connectivity index (χ4v) is 6.27. The van der Waals surface area contributed by atoms with E-state index in [1.165, 1.54) is 4.90 Å². The third kappa shape index (κ3) is 3.86. The van der Waals surface area contributed by atoms with Crippen LogP contribution in [0.15, 0.2) is 48.5 Å². The fourth-order valence-electron chi connectivity index (χ4n) is 6.27. The van der Waals surface area contributed by atoms with Gasteiger partial charge in [-0.2, -0.15) is 0 Å². The second kappa shape index (κ2) is 8.37. The van der Waals surface area contributed by atoms with E-state index in [0.717, 1.165) is 22.3 Å². The average molecular weight is 478 g/mol. The molecule has 2 N–H and O–H groups in total. The molecule has 0 radical (unpaired) electrons. The summed E-state index contributed by atoms with van der Waals surface area (Å²) in [5.41, 5.74) is 3.14. The second-order valence-electron chi connectivity index (χ2n) is 10.7. The van der Waals surface area contributed by atoms with Gasteiger partial charge in [-0.25, -0.2) is 9.59 Å². The Bertz CT molecular complexity index is 1140. The zero-order valence-electron chi connectivity index (χ0n) is 20.3. The van der Waals surface area contributed by atoms with Gasteiger partial charge in [0.1, 0.15) is 18.2 Å². The molecule has 0 aromatic heterocycles. The average Bonchev–Trinajstić information content (AvgIpc) is 3.40. The Kier molecular flexibility index (Phi) is 5.59. The lowest BCUT2D eigenvalue weighted by Crippen LogP contribution is -2.61. The van der Waals surface area contributed by atoms with Crippen molar-refractivity contribution in [3.05, 3.63) is 59.7 Å². The van der Waals surface area contributed by atoms with E-state index in [1.54, 1.807) is 19.0 Å². The Morgan fingerprint density at radius 3 is 2.20 bits per heavy atom. The predicted molar refractivity (Wildman–Crippen MR) is 130 cm³/mol. The molecule has 2 aliphatic heterocycles. The predicted octanol–water partition coefficient (Wildman–Crippen LogP) is 2.92. The molecule has 0 spiro atoms. The standard InChI is InChI=1S/C27H31N3O5/c1-26-14-27(15-26,24(32)33)30(16-26)23(31)22(12-29(2)3)28-25(34)35-13-21-19-10-6-4-8-17(19)18-9-5-7-11-20(18)21/h4-11,21-22H,12-16H2,1-3H3,(H,28,34)(H,32,33)/t22-,26?,27?/m0/s1. The number of carboxylic acids is 1. The highest BCUT2D eigenvalue weighted by Crippen LogP contribution is 2.59. The van der Waals surface area contributed by atoms with E-state index in [0.29, 0.717) is 19.4 Å². The summed E-state index contributed by atoms with van der Waals surface area (Å²) in [5, 5.41) is 12.6. The Balaban J connectivity index is 1.29. The number of fused-ring (bicyclic) bond motifs is 4. The van der Waals surface area contributed by atoms with E-state index < -0.39 is 23.6 Å². The third-order valence-corrected chi connectivity index (χ3v) is 7.64. The van der Waals surface area contributed by atoms with Crippen molar-refractivity contribution in [2.24, 2.45) is 5.41 Å². The number of carbonyl (C=O) groups is 3. The lowest BCUT2D eigenvalue weighted by molar-refractivity contribution is -0.160. The van der Waals surface area contributed by atoms with Crippen LogP contribution in [0.3, 0.4) is 0 Å². The van der Waals surface area contributed by atoms with Crippen LogP contribution in [0, 0.1) is 5.41 Å². The van der Waals surface area contributed by atoms with Crippen molar-refractivity contribution < 1.29 is 24.2 Å². The summed E-state index contributed by atoms with van der Waals surface area (Å²) >= 11 is 0. The largest absolute Gasteiger partial charge is 0.479 e. The molecule has 1 atom stereocenters. The highest BCUT2D eigenvalue weighted by Gasteiger charge is 2.69. The molecule has 0 unspecified atom stereocenters. The van der Waals surface area contributed by atoms with Crippen LogP contribution in [0.1, 0.15) is 36.8 Å². The molecule has 6 rings (SSSR count). The molecule has 2 amide bonds. The van der Waals surface area contributed by atoms with Crippen LogP contribution in [0.25, 0.3) is 11.1 Å². The summed E-state index contributed by atoms with van der Waals surface area (Å²) in [4.78, 5) is 41.6. The molecule has 8 heteroatoms. The minimum atomic E-state index is -1.17. The zero-order valence-corrected chi connectivity index (χ0v) is 20.3. The van der Waals surface area contributed by atoms with Crippen molar-refractivity contribution in [3.8, 4) is 11.1 Å². The van der Waals surface area contributed by atoms with Gasteiger partial charge >= 0.3 is 12.1 Å². The maximum absolute atomic E-state index is 13.5. The lowest BCUT2D eigenvalue weighted by Gasteiger charge is -2.43. The molecule has 3 fully saturated rings. The number of ether oxygens (including phenoxy) is 1. The quantitative estimate of drug-likeness (QED) is 0.636. The minimum absolute atomic E-state index is 0.0859. The molecule has 2 aliphatic carbocycles. The van der Waals surface area contributed by atoms with E-state index in [1.807, 2.05) is 43.3 Å². The summed E-state index contributed by atoms with van der Waals surface area (Å²) in [6.07, 6.45) is 0.204. The van der Waals surface area contributed by atoms with Gasteiger partial charge in [0.2, 0.25) is 5.91 Å². The Morgan fingerprint density at radius 1 is 1.09 bits per heavy atom. The number of nitrogens with one attached hydrogen (secondary N) is 1. The summed E-state index contributed by atoms with van der Waals surface area (Å²) < 4.78 is 5.64. The molecule has 2 saturated heterocycles. The molecule has 4 aliphatic rings. The molecule has 2 bridgehead atoms. The summed E-state index contributed by atoms with van der Waals surface area (Å²) in [6, 6.07) is 15.3. The summed E-state index contributed by atoms with van der Waals surface area (Å²) in [6.45, 7) is 2.77. The number of hydrogen-bond donors (Lipinski definition) is 2. The van der Waals surface area contributed by atoms with E-state index in [-0.39, 0.29) is 30.4 Å². The highest BCUT2D eigenvalue weighted by molar-refractivity contribution is 5.93. The van der Waals surface area contributed by atoms with Crippen LogP contribution in [0.5, 0.6) is 0 Å². The first-order valence-corrected chi connectivity index (χ1v) is 11.9. The molecule has 184 valence electrons. The zero-order chi connectivity index (χ0) is 25.0. The molecule has 2 heterocycles. The van der Waals surface area contributed by atoms with Gasteiger partial charge in [-0.3, -0.25) is 4.79 Å². The molecule has 2 aromatic carbocycles. The maximum Gasteiger partial charge on any atom is 0.407 e. The van der Waals surface area contributed by atoms with E-state index in [4.69, 9.17) is 4.74 Å². The molecule has 8 nitrogen and oxygen atoms in total. The van der Waals surface area contributed by atoms with Gasteiger partial charge in [-0.05, 0) is 54.6 Å². The smallest absolute Gasteiger partial charge is 0.407 e. The van der Waals surface area contributed by atoms with E-state index in [2.05, 4.69) is 17.4 Å². The van der Waals surface area contributed by atoms with Gasteiger partial charge < -0.3 is 25.0 Å². The number of nitrogens with zero attached hydrogens (tertiary/aromatic N) is 2. The van der Waals surface area contributed by atoms with Crippen molar-refractivity contribution in [1.82, 2.24) is 15.1 Å². The lowest BCUT2D eigenvalue weighted by atomic mass is 9.63. The number of likely N-dealkylation sites (N-methyl/N-ethyl adjacent to an activating group) is 1. The number of carbonyl (C=O) groups excluding carboxylic acids is 2. The fraction of sp³-hybridized carbons (Fsp3) is 0.444. The van der Waals surface area contributed by atoms with Crippen molar-refractivity contribution in [2.45, 2.75) is 37.3 Å². The first-order chi connectivity index (χ1) is 16.6. The van der Waals surface area contributed by atoms with Crippen molar-refractivity contribution in [2.75, 3.05) is 33.8 Å². The van der Waals surface area contributed by atoms with Crippen LogP contribution >= 0.6 is 0 Å². The number of amides is 2. The Hall–Kier alpha value is -3.39. The normalized spacial score (nSPS) is 25.0. The monoisotopic (exact) mass is 477 g/mol. The molecular weight excluding hydrogens is 446 g/mol. The van der Waals surface area contributed by atoms with Crippen molar-refractivity contribution in [3.63, 3.8) is 0 Å². The van der Waals surface area contributed by atoms with E-state index >= 15 is 0 Å². The Labute approximate surface area is 204 Å². The number of alkyl carbamates (subject to hydrolysis) is 1. The van der Waals surface area contributed by atoms with Gasteiger partial charge in [0.25, 0.3) is 0 Å². The highest BCUT2D eigenvalue weighted by atomic mass is 16.5. The van der Waals surface area contributed by atoms with Crippen LogP contribution in [0.2, 0.25) is 0 Å². The van der Waals surface area contributed by atoms with Gasteiger partial charge in [0.05, 0.1) is 0 Å². The second-order valence-corrected chi connectivity index (χ2v) is 10.7. The number of aliphatic carboxylic acids is 1. The van der Waals surface area contributed by atoms with Crippen molar-refractivity contribution in [1.29, 1.82) is 0 Å². The SMILES string of the molecule is CN(C)C[C@H](NC(=O)OCC1c2ccccc2-c2ccccc21)C(=O)N1CC2(C)CC1(C(=O)O)C2. The topological polar surface area (TPSA) is 99.2 Å². The number of rotatable bonds is 7. The van der Waals surface area contributed by atoms with Gasteiger partial charge in [-0.1, -0.05) is 55.5 Å². The van der Waals surface area contributed by atoms with Crippen molar-refractivity contribution >= 4 is 18.0 Å². The maximum atomic E-state index is 13.5. The van der Waals surface area contributed by atoms with Gasteiger partial charge in [0, 0.05) is 19.0 Å². The van der Waals surface area contributed by atoms with Gasteiger partial charge in [0.15, 0.2) is 0 Å². The summed E-state index contributed by atoms with van der Waals surface area (Å²) in [7, 11) is 3.61. The van der Waals surface area contributed by atoms with Crippen LogP contribution in [-0.2, 0) is 14.3 Å². The number of carboxylic acid groups (broad SMARTS) is 1. The molecular formula is C27H31N3O5. The van der Waals surface area contributed by atoms with Crippen LogP contribution < -0.4 is 5.32 Å². The summed E-state index contributed by atoms with van der Waals surface area (Å²) in [5.74, 6) is -1.45. The Morgan fingerprint density at radius 2 is 1.66 bits per heavy atom. The number of benzene rings is 2. The number of hydrogen-bond acceptors (Lipinski definition) is 5. The van der Waals surface area contributed by atoms with Crippen LogP contribution in [0.4, 0.5) is 4.79 Å². The molecule has 35 heavy (non-hydrogen) atoms. The van der Waals surface area contributed by atoms with Crippen LogP contribution in [-0.4, -0.2) is 78.2 Å². The third-order valence-electron chi connectivity index (χ3n) is 7.64. The van der Waals surface area contributed by atoms with E-state index in [9.17, 15) is 19.5 Å². The first kappa shape index (κ1) is 23.4.